The third-order valence-electron chi connectivity index (χ3n) is 2.19. The van der Waals surface area contributed by atoms with Crippen LogP contribution in [0.25, 0.3) is 0 Å². The number of carbonyl (C=O) groups excluding carboxylic acids is 2. The van der Waals surface area contributed by atoms with E-state index in [2.05, 4.69) is 20.6 Å². The molecule has 6 nitrogen and oxygen atoms in total. The number of nitrogens with one attached hydrogen (secondary N) is 2. The molecule has 19 heavy (non-hydrogen) atoms. The molecule has 2 aromatic heterocycles. The zero-order valence-corrected chi connectivity index (χ0v) is 11.6. The van der Waals surface area contributed by atoms with Crippen LogP contribution in [0.15, 0.2) is 12.4 Å². The molecule has 0 amide bonds. The second-order valence-corrected chi connectivity index (χ2v) is 5.70. The summed E-state index contributed by atoms with van der Waals surface area (Å²) in [6.45, 7) is 1.51. The van der Waals surface area contributed by atoms with Crippen LogP contribution >= 0.6 is 22.7 Å². The van der Waals surface area contributed by atoms with Gasteiger partial charge in [0.15, 0.2) is 22.8 Å². The molecule has 0 atom stereocenters. The molecular formula is C11H12N4O2S2. The Bertz CT molecular complexity index is 504. The van der Waals surface area contributed by atoms with Crippen molar-refractivity contribution in [2.45, 2.75) is 6.42 Å². The molecule has 2 N–H and O–H groups in total. The van der Waals surface area contributed by atoms with Crippen LogP contribution in [-0.2, 0) is 0 Å². The van der Waals surface area contributed by atoms with Crippen molar-refractivity contribution < 1.29 is 9.59 Å². The van der Waals surface area contributed by atoms with Gasteiger partial charge in [-0.25, -0.2) is 9.97 Å². The molecule has 2 heterocycles. The van der Waals surface area contributed by atoms with Crippen molar-refractivity contribution in [1.82, 2.24) is 9.97 Å². The van der Waals surface area contributed by atoms with Crippen LogP contribution in [0, 0.1) is 0 Å². The highest BCUT2D eigenvalue weighted by molar-refractivity contribution is 7.17. The summed E-state index contributed by atoms with van der Waals surface area (Å²) in [5.41, 5.74) is 0. The summed E-state index contributed by atoms with van der Waals surface area (Å²) in [7, 11) is 0. The first-order valence-corrected chi connectivity index (χ1v) is 7.25. The van der Waals surface area contributed by atoms with Gasteiger partial charge in [-0.1, -0.05) is 22.7 Å². The van der Waals surface area contributed by atoms with Gasteiger partial charge < -0.3 is 10.6 Å². The van der Waals surface area contributed by atoms with Crippen molar-refractivity contribution >= 4 is 45.5 Å². The summed E-state index contributed by atoms with van der Waals surface area (Å²) >= 11 is 2.67. The molecule has 0 aliphatic rings. The van der Waals surface area contributed by atoms with E-state index in [1.165, 1.54) is 22.7 Å². The number of hydrogen-bond acceptors (Lipinski definition) is 8. The molecule has 0 fully saturated rings. The van der Waals surface area contributed by atoms with Crippen molar-refractivity contribution in [1.29, 1.82) is 0 Å². The zero-order chi connectivity index (χ0) is 13.5. The molecular weight excluding hydrogens is 284 g/mol. The largest absolute Gasteiger partial charge is 0.361 e. The van der Waals surface area contributed by atoms with E-state index in [4.69, 9.17) is 0 Å². The Morgan fingerprint density at radius 3 is 1.79 bits per heavy atom. The summed E-state index contributed by atoms with van der Waals surface area (Å²) in [4.78, 5) is 30.3. The Kier molecular flexibility index (Phi) is 4.99. The Morgan fingerprint density at radius 2 is 1.42 bits per heavy atom. The quantitative estimate of drug-likeness (QED) is 0.573. The molecule has 0 spiro atoms. The SMILES string of the molecule is O=Cc1cnc(NCCCNc2ncc(C=O)s2)s1. The highest BCUT2D eigenvalue weighted by Gasteiger charge is 2.01. The topological polar surface area (TPSA) is 84.0 Å². The predicted octanol–water partition coefficient (Wildman–Crippen LogP) is 2.14. The lowest BCUT2D eigenvalue weighted by molar-refractivity contribution is 0.111. The van der Waals surface area contributed by atoms with E-state index in [-0.39, 0.29) is 0 Å². The molecule has 100 valence electrons. The Morgan fingerprint density at radius 1 is 0.947 bits per heavy atom. The van der Waals surface area contributed by atoms with Crippen LogP contribution < -0.4 is 10.6 Å². The molecule has 0 bridgehead atoms. The van der Waals surface area contributed by atoms with Crippen molar-refractivity contribution in [3.63, 3.8) is 0 Å². The van der Waals surface area contributed by atoms with Crippen LogP contribution in [0.3, 0.4) is 0 Å². The van der Waals surface area contributed by atoms with Gasteiger partial charge in [0.05, 0.1) is 22.1 Å². The molecule has 8 heteroatoms. The fourth-order valence-electron chi connectivity index (χ4n) is 1.32. The Hall–Kier alpha value is -1.80. The first-order valence-electron chi connectivity index (χ1n) is 5.61. The highest BCUT2D eigenvalue weighted by Crippen LogP contribution is 2.17. The minimum atomic E-state index is 0.616. The average molecular weight is 296 g/mol. The summed E-state index contributed by atoms with van der Waals surface area (Å²) in [5, 5.41) is 7.77. The first-order chi connectivity index (χ1) is 9.31. The maximum absolute atomic E-state index is 10.5. The lowest BCUT2D eigenvalue weighted by Crippen LogP contribution is -2.08. The third kappa shape index (κ3) is 4.11. The second-order valence-electron chi connectivity index (χ2n) is 3.58. The smallest absolute Gasteiger partial charge is 0.183 e. The number of aldehydes is 2. The summed E-state index contributed by atoms with van der Waals surface area (Å²) in [6, 6.07) is 0. The Labute approximate surface area is 117 Å². The summed E-state index contributed by atoms with van der Waals surface area (Å²) < 4.78 is 0. The summed E-state index contributed by atoms with van der Waals surface area (Å²) in [5.74, 6) is 0. The molecule has 0 aromatic carbocycles. The van der Waals surface area contributed by atoms with Gasteiger partial charge in [-0.05, 0) is 6.42 Å². The minimum Gasteiger partial charge on any atom is -0.361 e. The number of aromatic nitrogens is 2. The Balaban J connectivity index is 1.64. The lowest BCUT2D eigenvalue weighted by Gasteiger charge is -2.03. The summed E-state index contributed by atoms with van der Waals surface area (Å²) in [6.07, 6.45) is 5.56. The number of anilines is 2. The number of nitrogens with zero attached hydrogens (tertiary/aromatic N) is 2. The standard InChI is InChI=1S/C11H12N4O2S2/c16-6-8-4-14-10(18-8)12-2-1-3-13-11-15-5-9(7-17)19-11/h4-7H,1-3H2,(H,12,14)(H,13,15). The second kappa shape index (κ2) is 6.95. The van der Waals surface area contributed by atoms with Crippen LogP contribution in [0.1, 0.15) is 25.8 Å². The van der Waals surface area contributed by atoms with Crippen LogP contribution in [0.4, 0.5) is 10.3 Å². The predicted molar refractivity (Wildman–Crippen MR) is 76.6 cm³/mol. The average Bonchev–Trinajstić information content (AvgIpc) is 3.06. The van der Waals surface area contributed by atoms with Crippen molar-refractivity contribution in [3.05, 3.63) is 22.1 Å². The highest BCUT2D eigenvalue weighted by atomic mass is 32.1. The molecule has 2 aromatic rings. The van der Waals surface area contributed by atoms with Gasteiger partial charge in [-0.3, -0.25) is 9.59 Å². The van der Waals surface area contributed by atoms with Crippen molar-refractivity contribution in [3.8, 4) is 0 Å². The molecule has 0 saturated carbocycles. The number of hydrogen-bond donors (Lipinski definition) is 2. The van der Waals surface area contributed by atoms with Crippen LogP contribution in [-0.4, -0.2) is 35.6 Å². The van der Waals surface area contributed by atoms with E-state index in [1.807, 2.05) is 0 Å². The first kappa shape index (κ1) is 13.6. The molecule has 0 radical (unpaired) electrons. The van der Waals surface area contributed by atoms with E-state index >= 15 is 0 Å². The van der Waals surface area contributed by atoms with E-state index in [1.54, 1.807) is 12.4 Å². The fraction of sp³-hybridized carbons (Fsp3) is 0.273. The van der Waals surface area contributed by atoms with E-state index in [0.29, 0.717) is 9.75 Å². The van der Waals surface area contributed by atoms with E-state index < -0.39 is 0 Å². The van der Waals surface area contributed by atoms with Gasteiger partial charge in [-0.15, -0.1) is 0 Å². The van der Waals surface area contributed by atoms with Gasteiger partial charge in [0.25, 0.3) is 0 Å². The van der Waals surface area contributed by atoms with Crippen LogP contribution in [0.2, 0.25) is 0 Å². The minimum absolute atomic E-state index is 0.616. The third-order valence-corrected chi connectivity index (χ3v) is 3.95. The maximum Gasteiger partial charge on any atom is 0.183 e. The molecule has 0 aliphatic carbocycles. The van der Waals surface area contributed by atoms with Gasteiger partial charge in [0.1, 0.15) is 0 Å². The number of rotatable bonds is 8. The monoisotopic (exact) mass is 296 g/mol. The van der Waals surface area contributed by atoms with Gasteiger partial charge in [-0.2, -0.15) is 0 Å². The van der Waals surface area contributed by atoms with Gasteiger partial charge in [0.2, 0.25) is 0 Å². The number of thiazole rings is 2. The maximum atomic E-state index is 10.5. The zero-order valence-electron chi connectivity index (χ0n) is 9.96. The molecule has 0 unspecified atom stereocenters. The van der Waals surface area contributed by atoms with Gasteiger partial charge >= 0.3 is 0 Å². The normalized spacial score (nSPS) is 10.1. The van der Waals surface area contributed by atoms with E-state index in [9.17, 15) is 9.59 Å². The van der Waals surface area contributed by atoms with Gasteiger partial charge in [0, 0.05) is 13.1 Å². The molecule has 0 aliphatic heterocycles. The van der Waals surface area contributed by atoms with E-state index in [0.717, 1.165) is 42.3 Å². The van der Waals surface area contributed by atoms with Crippen LogP contribution in [0.5, 0.6) is 0 Å². The fourth-order valence-corrected chi connectivity index (χ4v) is 2.64. The molecule has 2 rings (SSSR count). The number of carbonyl (C=O) groups is 2. The lowest BCUT2D eigenvalue weighted by atomic mass is 10.4. The molecule has 0 saturated heterocycles. The van der Waals surface area contributed by atoms with Crippen molar-refractivity contribution in [2.75, 3.05) is 23.7 Å². The van der Waals surface area contributed by atoms with Crippen molar-refractivity contribution in [2.24, 2.45) is 0 Å².